The standard InChI is InChI=1S/C62H40N2O2S2/c1-65-43-25-21-41(22-26-43)63-55-29-17-37(33-51(55)53-35-39(19-31-57(53)63)45-11-7-13-49-47-9-3-5-15-59(47)67-61(45)49)38-18-30-56-52(34-38)54-36-40(20-32-58(54)64(56)42-23-27-44(66-2)28-24-42)46-12-8-14-50-48-10-4-6-16-60(48)68-62(46)50/h3-36H,1-2H3. The zero-order chi connectivity index (χ0) is 45.0. The van der Waals surface area contributed by atoms with E-state index in [0.717, 1.165) is 44.9 Å². The smallest absolute Gasteiger partial charge is 0.119 e. The van der Waals surface area contributed by atoms with E-state index in [4.69, 9.17) is 9.47 Å². The monoisotopic (exact) mass is 908 g/mol. The summed E-state index contributed by atoms with van der Waals surface area (Å²) in [6.07, 6.45) is 0. The number of ether oxygens (including phenoxy) is 2. The first-order chi connectivity index (χ1) is 33.6. The molecule has 4 aromatic heterocycles. The lowest BCUT2D eigenvalue weighted by Gasteiger charge is -2.10. The van der Waals surface area contributed by atoms with E-state index in [-0.39, 0.29) is 0 Å². The summed E-state index contributed by atoms with van der Waals surface area (Å²) >= 11 is 3.75. The summed E-state index contributed by atoms with van der Waals surface area (Å²) in [5.41, 5.74) is 14.1. The Morgan fingerprint density at radius 2 is 0.662 bits per heavy atom. The van der Waals surface area contributed by atoms with Crippen molar-refractivity contribution in [2.45, 2.75) is 0 Å². The summed E-state index contributed by atoms with van der Waals surface area (Å²) in [5, 5.41) is 10.1. The fourth-order valence-electron chi connectivity index (χ4n) is 10.7. The lowest BCUT2D eigenvalue weighted by Crippen LogP contribution is -1.94. The fourth-order valence-corrected chi connectivity index (χ4v) is 13.2. The van der Waals surface area contributed by atoms with Crippen molar-refractivity contribution in [3.05, 3.63) is 206 Å². The van der Waals surface area contributed by atoms with Crippen molar-refractivity contribution in [1.82, 2.24) is 9.13 Å². The topological polar surface area (TPSA) is 28.3 Å². The third-order valence-electron chi connectivity index (χ3n) is 14.0. The minimum Gasteiger partial charge on any atom is -0.497 e. The second-order valence-corrected chi connectivity index (χ2v) is 19.7. The minimum atomic E-state index is 0.837. The van der Waals surface area contributed by atoms with E-state index in [1.54, 1.807) is 14.2 Å². The van der Waals surface area contributed by atoms with E-state index < -0.39 is 0 Å². The predicted molar refractivity (Wildman–Crippen MR) is 290 cm³/mol. The number of hydrogen-bond acceptors (Lipinski definition) is 4. The average Bonchev–Trinajstić information content (AvgIpc) is 4.16. The van der Waals surface area contributed by atoms with Gasteiger partial charge in [-0.05, 0) is 143 Å². The van der Waals surface area contributed by atoms with Crippen LogP contribution in [0.3, 0.4) is 0 Å². The highest BCUT2D eigenvalue weighted by Gasteiger charge is 2.20. The number of nitrogens with zero attached hydrogens (tertiary/aromatic N) is 2. The molecule has 4 nitrogen and oxygen atoms in total. The van der Waals surface area contributed by atoms with Crippen molar-refractivity contribution in [1.29, 1.82) is 0 Å². The third kappa shape index (κ3) is 5.91. The maximum Gasteiger partial charge on any atom is 0.119 e. The molecule has 68 heavy (non-hydrogen) atoms. The van der Waals surface area contributed by atoms with E-state index >= 15 is 0 Å². The van der Waals surface area contributed by atoms with Gasteiger partial charge < -0.3 is 18.6 Å². The van der Waals surface area contributed by atoms with Crippen LogP contribution in [0.1, 0.15) is 0 Å². The van der Waals surface area contributed by atoms with Crippen LogP contribution in [0.4, 0.5) is 0 Å². The Kier molecular flexibility index (Phi) is 8.72. The van der Waals surface area contributed by atoms with Gasteiger partial charge in [0.15, 0.2) is 0 Å². The van der Waals surface area contributed by atoms with Crippen molar-refractivity contribution in [2.75, 3.05) is 14.2 Å². The number of fused-ring (bicyclic) bond motifs is 12. The molecule has 0 spiro atoms. The van der Waals surface area contributed by atoms with Crippen LogP contribution in [0.25, 0.3) is 129 Å². The van der Waals surface area contributed by atoms with Gasteiger partial charge in [0, 0.05) is 73.3 Å². The van der Waals surface area contributed by atoms with Crippen LogP contribution in [0, 0.1) is 0 Å². The van der Waals surface area contributed by atoms with Crippen molar-refractivity contribution >= 4 is 107 Å². The molecule has 0 bridgehead atoms. The molecule has 0 N–H and O–H groups in total. The molecule has 0 radical (unpaired) electrons. The Balaban J connectivity index is 0.979. The van der Waals surface area contributed by atoms with Gasteiger partial charge in [-0.3, -0.25) is 0 Å². The van der Waals surface area contributed by atoms with Crippen molar-refractivity contribution in [2.24, 2.45) is 0 Å². The third-order valence-corrected chi connectivity index (χ3v) is 16.4. The maximum atomic E-state index is 5.58. The van der Waals surface area contributed by atoms with Gasteiger partial charge in [-0.2, -0.15) is 0 Å². The number of methoxy groups -OCH3 is 2. The molecule has 0 fully saturated rings. The summed E-state index contributed by atoms with van der Waals surface area (Å²) < 4.78 is 21.2. The zero-order valence-corrected chi connectivity index (χ0v) is 38.8. The molecule has 4 heterocycles. The summed E-state index contributed by atoms with van der Waals surface area (Å²) in [6, 6.07) is 75.8. The molecular weight excluding hydrogens is 869 g/mol. The number of rotatable bonds is 7. The summed E-state index contributed by atoms with van der Waals surface area (Å²) in [7, 11) is 3.44. The van der Waals surface area contributed by atoms with Gasteiger partial charge in [0.2, 0.25) is 0 Å². The fraction of sp³-hybridized carbons (Fsp3) is 0.0323. The second kappa shape index (κ2) is 15.2. The van der Waals surface area contributed by atoms with E-state index in [1.807, 2.05) is 46.9 Å². The molecule has 0 aliphatic carbocycles. The van der Waals surface area contributed by atoms with Crippen LogP contribution in [-0.2, 0) is 0 Å². The maximum absolute atomic E-state index is 5.58. The van der Waals surface area contributed by atoms with Gasteiger partial charge >= 0.3 is 0 Å². The lowest BCUT2D eigenvalue weighted by atomic mass is 9.98. The molecule has 14 aromatic rings. The van der Waals surface area contributed by atoms with Gasteiger partial charge in [-0.1, -0.05) is 97.1 Å². The van der Waals surface area contributed by atoms with E-state index in [1.165, 1.54) is 95.3 Å². The van der Waals surface area contributed by atoms with Crippen molar-refractivity contribution in [3.63, 3.8) is 0 Å². The van der Waals surface area contributed by atoms with Crippen LogP contribution in [0.2, 0.25) is 0 Å². The summed E-state index contributed by atoms with van der Waals surface area (Å²) in [4.78, 5) is 0. The van der Waals surface area contributed by atoms with Crippen LogP contribution >= 0.6 is 22.7 Å². The van der Waals surface area contributed by atoms with Crippen LogP contribution in [0.5, 0.6) is 11.5 Å². The van der Waals surface area contributed by atoms with Crippen LogP contribution in [0.15, 0.2) is 206 Å². The minimum absolute atomic E-state index is 0.837. The molecule has 0 atom stereocenters. The summed E-state index contributed by atoms with van der Waals surface area (Å²) in [6.45, 7) is 0. The number of benzene rings is 10. The molecule has 322 valence electrons. The predicted octanol–water partition coefficient (Wildman–Crippen LogP) is 17.6. The van der Waals surface area contributed by atoms with Gasteiger partial charge in [0.25, 0.3) is 0 Å². The van der Waals surface area contributed by atoms with Gasteiger partial charge in [0.05, 0.1) is 36.3 Å². The Morgan fingerprint density at radius 1 is 0.309 bits per heavy atom. The number of aromatic nitrogens is 2. The van der Waals surface area contributed by atoms with Crippen molar-refractivity contribution in [3.8, 4) is 56.3 Å². The Bertz CT molecular complexity index is 4060. The van der Waals surface area contributed by atoms with Crippen LogP contribution in [-0.4, -0.2) is 23.4 Å². The molecular formula is C62H40N2O2S2. The first kappa shape index (κ1) is 39.0. The first-order valence-corrected chi connectivity index (χ1v) is 24.5. The Hall–Kier alpha value is -8.16. The lowest BCUT2D eigenvalue weighted by molar-refractivity contribution is 0.414. The van der Waals surface area contributed by atoms with Crippen LogP contribution < -0.4 is 9.47 Å². The van der Waals surface area contributed by atoms with Gasteiger partial charge in [-0.15, -0.1) is 22.7 Å². The van der Waals surface area contributed by atoms with E-state index in [0.29, 0.717) is 0 Å². The molecule has 0 amide bonds. The molecule has 0 unspecified atom stereocenters. The van der Waals surface area contributed by atoms with Gasteiger partial charge in [0.1, 0.15) is 11.5 Å². The quantitative estimate of drug-likeness (QED) is 0.159. The Morgan fingerprint density at radius 3 is 1.06 bits per heavy atom. The average molecular weight is 909 g/mol. The zero-order valence-electron chi connectivity index (χ0n) is 37.2. The second-order valence-electron chi connectivity index (χ2n) is 17.6. The van der Waals surface area contributed by atoms with Crippen molar-refractivity contribution < 1.29 is 9.47 Å². The molecule has 0 saturated carbocycles. The number of hydrogen-bond donors (Lipinski definition) is 0. The molecule has 0 aliphatic heterocycles. The highest BCUT2D eigenvalue weighted by atomic mass is 32.1. The molecule has 0 aliphatic rings. The normalized spacial score (nSPS) is 12.0. The largest absolute Gasteiger partial charge is 0.497 e. The highest BCUT2D eigenvalue weighted by molar-refractivity contribution is 7.26. The van der Waals surface area contributed by atoms with E-state index in [2.05, 4.69) is 191 Å². The van der Waals surface area contributed by atoms with E-state index in [9.17, 15) is 0 Å². The molecule has 10 aromatic carbocycles. The highest BCUT2D eigenvalue weighted by Crippen LogP contribution is 2.45. The summed E-state index contributed by atoms with van der Waals surface area (Å²) in [5.74, 6) is 1.67. The number of thiophene rings is 2. The van der Waals surface area contributed by atoms with Gasteiger partial charge in [-0.25, -0.2) is 0 Å². The Labute approximate surface area is 399 Å². The molecule has 14 rings (SSSR count). The molecule has 0 saturated heterocycles. The molecule has 6 heteroatoms. The first-order valence-electron chi connectivity index (χ1n) is 22.9. The SMILES string of the molecule is COc1ccc(-n2c3ccc(-c4ccc5c(c4)c4cc(-c6cccc7c6sc6ccccc67)ccc4n5-c4ccc(OC)cc4)cc3c3cc(-c4cccc5c4sc4ccccc45)ccc32)cc1.